The van der Waals surface area contributed by atoms with E-state index in [1.807, 2.05) is 240 Å². The molecule has 6 aromatic carbocycles. The summed E-state index contributed by atoms with van der Waals surface area (Å²) in [5, 5.41) is 17.3. The zero-order valence-electron chi connectivity index (χ0n) is 83.6. The Morgan fingerprint density at radius 3 is 1.09 bits per heavy atom. The number of aromatic nitrogens is 9. The summed E-state index contributed by atoms with van der Waals surface area (Å²) in [6, 6.07) is 77.1. The van der Waals surface area contributed by atoms with Crippen LogP contribution in [-0.2, 0) is 74.3 Å². The van der Waals surface area contributed by atoms with Crippen LogP contribution in [0.1, 0.15) is 187 Å². The van der Waals surface area contributed by atoms with Crippen LogP contribution >= 0.6 is 54.5 Å². The van der Waals surface area contributed by atoms with Crippen LogP contribution in [0.2, 0.25) is 5.82 Å². The molecule has 0 unspecified atom stereocenters. The van der Waals surface area contributed by atoms with Crippen molar-refractivity contribution < 1.29 is 64.6 Å². The fourth-order valence-electron chi connectivity index (χ4n) is 16.8. The quantitative estimate of drug-likeness (QED) is 0.0287. The molecule has 30 nitrogen and oxygen atoms in total. The van der Waals surface area contributed by atoms with Crippen LogP contribution in [0, 0.1) is 3.70 Å². The molecular weight excluding hydrogens is 2160 g/mol. The molecule has 5 saturated carbocycles. The number of nitrogens with one attached hydrogen (secondary N) is 1. The Bertz CT molecular complexity index is 7610. The molecule has 148 heavy (non-hydrogen) atoms. The third-order valence-corrected chi connectivity index (χ3v) is 32.5. The van der Waals surface area contributed by atoms with Crippen molar-refractivity contribution in [2.24, 2.45) is 0 Å². The maximum Gasteiger partial charge on any atom is 0.496 e. The van der Waals surface area contributed by atoms with E-state index in [2.05, 4.69) is 41.8 Å². The van der Waals surface area contributed by atoms with Crippen LogP contribution in [-0.4, -0.2) is 138 Å². The molecule has 0 amide bonds. The van der Waals surface area contributed by atoms with Crippen LogP contribution in [0.3, 0.4) is 0 Å². The first-order valence-electron chi connectivity index (χ1n) is 48.9. The van der Waals surface area contributed by atoms with Crippen molar-refractivity contribution in [3.8, 4) is 11.3 Å². The van der Waals surface area contributed by atoms with Gasteiger partial charge in [0.15, 0.2) is 11.6 Å². The van der Waals surface area contributed by atoms with E-state index < -0.39 is 53.3 Å². The van der Waals surface area contributed by atoms with E-state index in [9.17, 15) is 50.4 Å². The number of halogens is 3. The summed E-state index contributed by atoms with van der Waals surface area (Å²) in [7, 11) is -7.53. The second kappa shape index (κ2) is 46.3. The number of benzene rings is 6. The van der Waals surface area contributed by atoms with E-state index in [0.717, 1.165) is 106 Å². The largest absolute Gasteiger partial charge is 0.496 e. The first kappa shape index (κ1) is 108. The molecule has 766 valence electrons. The molecule has 0 spiro atoms. The smallest absolute Gasteiger partial charge is 0.465 e. The van der Waals surface area contributed by atoms with E-state index in [1.54, 1.807) is 140 Å². The summed E-state index contributed by atoms with van der Waals surface area (Å²) >= 11 is 8.50. The van der Waals surface area contributed by atoms with Gasteiger partial charge >= 0.3 is 33.3 Å². The lowest BCUT2D eigenvalue weighted by atomic mass is 9.80. The topological polar surface area (TPSA) is 361 Å². The number of nitrogens with zero attached hydrogens (tertiary/aromatic N) is 10. The summed E-state index contributed by atoms with van der Waals surface area (Å²) in [5.74, 6) is -0.192. The highest BCUT2D eigenvalue weighted by Gasteiger charge is 2.54. The highest BCUT2D eigenvalue weighted by molar-refractivity contribution is 14.1. The van der Waals surface area contributed by atoms with Crippen LogP contribution in [0.15, 0.2) is 341 Å². The first-order chi connectivity index (χ1) is 70.7. The molecule has 0 radical (unpaired) electrons. The van der Waals surface area contributed by atoms with Crippen LogP contribution < -0.4 is 48.5 Å². The molecule has 2 aliphatic heterocycles. The number of carbonyl (C=O) groups is 2. The number of aromatic amines is 1. The molecule has 7 fully saturated rings. The molecule has 11 heterocycles. The molecule has 15 aromatic rings. The molecule has 3 N–H and O–H groups in total. The van der Waals surface area contributed by atoms with E-state index in [4.69, 9.17) is 43.1 Å². The number of H-pyrrole nitrogens is 1. The third-order valence-electron chi connectivity index (χ3n) is 27.0. The Balaban J connectivity index is 0.000000136. The van der Waals surface area contributed by atoms with E-state index >= 15 is 0 Å². The Morgan fingerprint density at radius 2 is 0.757 bits per heavy atom. The summed E-state index contributed by atoms with van der Waals surface area (Å²) < 4.78 is 104. The maximum atomic E-state index is 14.8. The Labute approximate surface area is 890 Å². The number of methoxy groups -OCH3 is 2. The average molecular weight is 2280 g/mol. The fraction of sp³-hybridized carbons (Fsp3) is 0.300. The normalized spacial score (nSPS) is 16.0. The molecule has 7 aliphatic rings. The number of carbonyl (C=O) groups excluding carboxylic acids is 2. The van der Waals surface area contributed by atoms with Crippen molar-refractivity contribution in [2.45, 2.75) is 208 Å². The number of esters is 2. The van der Waals surface area contributed by atoms with E-state index in [0.29, 0.717) is 87.2 Å². The minimum atomic E-state index is -4.27. The third kappa shape index (κ3) is 26.0. The standard InChI is InChI=1S/C37H32N4O5S.C29H24IN3O4S.2C14H20BNO3.C8H8BrNO.C5H4BrNO.C3H7BO2/c1-46-37(43)32-22-38-36(39(23-26-11-5-2-6-12-26)24-27-13-7-3-8-14-27)35-31(32)21-33(28-17-20-34(42)40(25-28)29-18-19-29)41(35)47(44,45)30-15-9-4-10-16-30;1-37-29(34)25-18-31-28(32(19-21-11-5-2-6-12-21)20-22-13-7-3-8-14-22)27-24(25)17-26(30)33(27)38(35,36)23-15-9-4-10-16-23;2*1-13(2)14(3,4)19-15(18-13)10-5-8-12(17)16(9-10)11-6-7-11;9-6-1-4-8(11)10(5-6)7-2-3-7;6-4-1-2-5(8)7-3-4;5-4(6)3-1-2-3/h2-17,20-22,25,29H,18-19,23-24H2,1H3;2-18H,19-20H2,1H3;2*5,8-9,11H,6-7H2,1-4H3;1,4-5,7H,2-3H2;1-3H,(H,7,8);3,5-6H,1-2H2. The van der Waals surface area contributed by atoms with Gasteiger partial charge in [-0.1, -0.05) is 183 Å². The van der Waals surface area contributed by atoms with Crippen molar-refractivity contribution in [3.63, 3.8) is 0 Å². The number of anilines is 2. The number of fused-ring (bicyclic) bond motifs is 2. The Hall–Kier alpha value is -12.5. The van der Waals surface area contributed by atoms with Crippen molar-refractivity contribution in [1.29, 1.82) is 0 Å². The molecular formula is C110H115B3Br2IN11O19S2. The van der Waals surface area contributed by atoms with Crippen molar-refractivity contribution >= 4 is 152 Å². The lowest BCUT2D eigenvalue weighted by molar-refractivity contribution is 0.00578. The van der Waals surface area contributed by atoms with Crippen LogP contribution in [0.4, 0.5) is 11.6 Å². The SMILES string of the molecule is CC1(C)OB(c2ccc(=O)n(C3CC3)c2)OC1(C)C.CC1(C)OB(c2ccc(=O)n(C3CC3)c2)OC1(C)C.COC(=O)c1cnc(N(Cc2ccccc2)Cc2ccccc2)c2c1cc(-c1ccc(=O)n(C3CC3)c1)n2S(=O)(=O)c1ccccc1.COC(=O)c1cnc(N(Cc2ccccc2)Cc2ccccc2)c2c1cc(I)n2S(=O)(=O)c1ccccc1.O=c1ccc(Br)c[nH]1.O=c1ccc(Br)cn1C1CC1.OB(O)C1CC1. The van der Waals surface area contributed by atoms with Gasteiger partial charge in [-0.2, -0.15) is 0 Å². The van der Waals surface area contributed by atoms with Gasteiger partial charge in [0.1, 0.15) is 11.0 Å². The average Bonchev–Trinajstić information content (AvgIpc) is 1.57. The van der Waals surface area contributed by atoms with E-state index in [-0.39, 0.29) is 88.5 Å². The Kier molecular flexibility index (Phi) is 33.9. The molecule has 0 bridgehead atoms. The van der Waals surface area contributed by atoms with Crippen molar-refractivity contribution in [1.82, 2.24) is 41.2 Å². The predicted molar refractivity (Wildman–Crippen MR) is 590 cm³/mol. The van der Waals surface area contributed by atoms with Gasteiger partial charge < -0.3 is 71.2 Å². The molecule has 9 aromatic heterocycles. The highest BCUT2D eigenvalue weighted by Crippen LogP contribution is 2.45. The highest BCUT2D eigenvalue weighted by atomic mass is 127. The number of rotatable bonds is 24. The monoisotopic (exact) mass is 2280 g/mol. The maximum absolute atomic E-state index is 14.8. The van der Waals surface area contributed by atoms with Crippen molar-refractivity contribution in [2.75, 3.05) is 24.0 Å². The number of hydrogen-bond acceptors (Lipinski definition) is 23. The van der Waals surface area contributed by atoms with Gasteiger partial charge in [-0.05, 0) is 255 Å². The minimum absolute atomic E-state index is 0.0581. The minimum Gasteiger partial charge on any atom is -0.465 e. The molecule has 22 rings (SSSR count). The zero-order chi connectivity index (χ0) is 105. The number of ether oxygens (including phenoxy) is 2. The van der Waals surface area contributed by atoms with Gasteiger partial charge in [-0.25, -0.2) is 44.3 Å². The van der Waals surface area contributed by atoms with Gasteiger partial charge in [0.25, 0.3) is 42.3 Å². The lowest BCUT2D eigenvalue weighted by Crippen LogP contribution is -2.41. The fourth-order valence-corrected chi connectivity index (χ4v) is 21.7. The summed E-state index contributed by atoms with van der Waals surface area (Å²) in [5.41, 5.74) is 6.22. The predicted octanol–water partition coefficient (Wildman–Crippen LogP) is 18.0. The van der Waals surface area contributed by atoms with Crippen LogP contribution in [0.5, 0.6) is 0 Å². The van der Waals surface area contributed by atoms with E-state index in [1.165, 1.54) is 46.7 Å². The second-order valence-electron chi connectivity index (χ2n) is 39.2. The molecule has 5 aliphatic carbocycles. The number of pyridine rings is 7. The van der Waals surface area contributed by atoms with Gasteiger partial charge in [-0.3, -0.25) is 24.0 Å². The second-order valence-corrected chi connectivity index (χ2v) is 45.7. The van der Waals surface area contributed by atoms with Crippen LogP contribution in [0.25, 0.3) is 33.1 Å². The molecule has 38 heteroatoms. The summed E-state index contributed by atoms with van der Waals surface area (Å²) in [6.45, 7) is 18.0. The van der Waals surface area contributed by atoms with Gasteiger partial charge in [0.2, 0.25) is 5.56 Å². The zero-order valence-corrected chi connectivity index (χ0v) is 90.5. The van der Waals surface area contributed by atoms with Gasteiger partial charge in [0, 0.05) is 149 Å². The summed E-state index contributed by atoms with van der Waals surface area (Å²) in [4.78, 5) is 100. The number of hydrogen-bond donors (Lipinski definition) is 3. The Morgan fingerprint density at radius 1 is 0.432 bits per heavy atom. The first-order valence-corrected chi connectivity index (χ1v) is 54.4. The lowest BCUT2D eigenvalue weighted by Gasteiger charge is -2.32. The summed E-state index contributed by atoms with van der Waals surface area (Å²) in [6.07, 6.45) is 22.3. The molecule has 0 atom stereocenters. The van der Waals surface area contributed by atoms with Gasteiger partial charge in [0.05, 0.1) is 66.9 Å². The van der Waals surface area contributed by atoms with Crippen molar-refractivity contribution in [3.05, 3.63) is 396 Å². The van der Waals surface area contributed by atoms with Gasteiger partial charge in [-0.15, -0.1) is 0 Å². The molecule has 2 saturated heterocycles.